The number of nitrogens with one attached hydrogen (secondary N) is 1. The zero-order valence-corrected chi connectivity index (χ0v) is 9.83. The van der Waals surface area contributed by atoms with Gasteiger partial charge in [-0.15, -0.1) is 0 Å². The van der Waals surface area contributed by atoms with Crippen molar-refractivity contribution < 1.29 is 13.5 Å². The second kappa shape index (κ2) is 4.83. The van der Waals surface area contributed by atoms with Crippen LogP contribution in [0.2, 0.25) is 0 Å². The summed E-state index contributed by atoms with van der Waals surface area (Å²) >= 11 is 0. The number of nitrogens with zero attached hydrogens (tertiary/aromatic N) is 2. The normalized spacial score (nSPS) is 19.4. The van der Waals surface area contributed by atoms with Crippen molar-refractivity contribution in [3.05, 3.63) is 17.7 Å². The van der Waals surface area contributed by atoms with Gasteiger partial charge < -0.3 is 15.0 Å². The third-order valence-corrected chi connectivity index (χ3v) is 2.94. The summed E-state index contributed by atoms with van der Waals surface area (Å²) in [7, 11) is 3.29. The predicted octanol–water partition coefficient (Wildman–Crippen LogP) is 1.63. The van der Waals surface area contributed by atoms with Gasteiger partial charge in [0.1, 0.15) is 0 Å². The van der Waals surface area contributed by atoms with Crippen LogP contribution in [0.4, 0.5) is 20.4 Å². The zero-order chi connectivity index (χ0) is 12.4. The van der Waals surface area contributed by atoms with Gasteiger partial charge in [-0.25, -0.2) is 13.8 Å². The molecule has 1 aliphatic heterocycles. The quantitative estimate of drug-likeness (QED) is 0.875. The van der Waals surface area contributed by atoms with Gasteiger partial charge in [-0.3, -0.25) is 0 Å². The van der Waals surface area contributed by atoms with Gasteiger partial charge in [0.05, 0.1) is 12.6 Å². The van der Waals surface area contributed by atoms with E-state index >= 15 is 0 Å². The molecule has 2 rings (SSSR count). The van der Waals surface area contributed by atoms with E-state index in [0.29, 0.717) is 13.2 Å². The Morgan fingerprint density at radius 2 is 2.24 bits per heavy atom. The van der Waals surface area contributed by atoms with Gasteiger partial charge in [-0.2, -0.15) is 0 Å². The summed E-state index contributed by atoms with van der Waals surface area (Å²) in [6.45, 7) is 1.21. The summed E-state index contributed by atoms with van der Waals surface area (Å²) in [5.74, 6) is -1.15. The number of halogens is 2. The van der Waals surface area contributed by atoms with Gasteiger partial charge >= 0.3 is 0 Å². The molecule has 1 unspecified atom stereocenters. The summed E-state index contributed by atoms with van der Waals surface area (Å²) < 4.78 is 32.2. The fraction of sp³-hybridized carbons (Fsp3) is 0.545. The number of ether oxygens (including phenoxy) is 1. The lowest BCUT2D eigenvalue weighted by atomic mass is 10.2. The monoisotopic (exact) mass is 243 g/mol. The van der Waals surface area contributed by atoms with Crippen molar-refractivity contribution >= 4 is 11.6 Å². The molecule has 0 aromatic carbocycles. The number of hydrogen-bond donors (Lipinski definition) is 1. The van der Waals surface area contributed by atoms with Crippen molar-refractivity contribution in [2.45, 2.75) is 12.5 Å². The molecule has 17 heavy (non-hydrogen) atoms. The molecule has 6 heteroatoms. The summed E-state index contributed by atoms with van der Waals surface area (Å²) in [5, 5.41) is 2.60. The minimum absolute atomic E-state index is 0.0483. The average molecular weight is 243 g/mol. The molecule has 1 fully saturated rings. The van der Waals surface area contributed by atoms with E-state index < -0.39 is 11.6 Å². The third kappa shape index (κ3) is 2.31. The van der Waals surface area contributed by atoms with Gasteiger partial charge in [0, 0.05) is 26.8 Å². The highest BCUT2D eigenvalue weighted by Gasteiger charge is 2.24. The van der Waals surface area contributed by atoms with E-state index in [9.17, 15) is 8.78 Å². The Kier molecular flexibility index (Phi) is 3.42. The van der Waals surface area contributed by atoms with Crippen molar-refractivity contribution in [1.82, 2.24) is 4.98 Å². The molecule has 2 heterocycles. The number of rotatable bonds is 3. The molecule has 94 valence electrons. The highest BCUT2D eigenvalue weighted by molar-refractivity contribution is 5.49. The van der Waals surface area contributed by atoms with Crippen LogP contribution in [-0.4, -0.2) is 38.3 Å². The Morgan fingerprint density at radius 1 is 1.47 bits per heavy atom. The number of likely N-dealkylation sites (N-methyl/N-ethyl adjacent to an activating group) is 1. The van der Waals surface area contributed by atoms with Crippen LogP contribution in [0.5, 0.6) is 0 Å². The van der Waals surface area contributed by atoms with Crippen molar-refractivity contribution in [3.8, 4) is 0 Å². The van der Waals surface area contributed by atoms with Crippen LogP contribution in [0, 0.1) is 11.6 Å². The summed E-state index contributed by atoms with van der Waals surface area (Å²) in [5.41, 5.74) is 0. The molecule has 1 atom stereocenters. The highest BCUT2D eigenvalue weighted by atomic mass is 19.1. The molecule has 0 aliphatic carbocycles. The van der Waals surface area contributed by atoms with Crippen molar-refractivity contribution in [1.29, 1.82) is 0 Å². The molecule has 4 nitrogen and oxygen atoms in total. The van der Waals surface area contributed by atoms with Gasteiger partial charge in [0.25, 0.3) is 0 Å². The lowest BCUT2D eigenvalue weighted by Gasteiger charge is -2.25. The van der Waals surface area contributed by atoms with E-state index in [0.717, 1.165) is 12.5 Å². The van der Waals surface area contributed by atoms with Crippen molar-refractivity contribution in [2.24, 2.45) is 0 Å². The van der Waals surface area contributed by atoms with E-state index in [1.165, 1.54) is 0 Å². The molecule has 1 aromatic heterocycles. The molecule has 1 aliphatic rings. The number of pyridine rings is 1. The van der Waals surface area contributed by atoms with Gasteiger partial charge in [-0.05, 0) is 6.42 Å². The Labute approximate surface area is 98.6 Å². The first-order valence-corrected chi connectivity index (χ1v) is 5.48. The minimum Gasteiger partial charge on any atom is -0.379 e. The Balaban J connectivity index is 2.30. The van der Waals surface area contributed by atoms with Crippen molar-refractivity contribution in [2.75, 3.05) is 37.5 Å². The van der Waals surface area contributed by atoms with Crippen LogP contribution < -0.4 is 10.2 Å². The molecule has 0 spiro atoms. The Morgan fingerprint density at radius 3 is 2.82 bits per heavy atom. The van der Waals surface area contributed by atoms with E-state index in [2.05, 4.69) is 10.3 Å². The Bertz CT molecular complexity index is 408. The molecule has 1 N–H and O–H groups in total. The number of anilines is 2. The van der Waals surface area contributed by atoms with E-state index in [4.69, 9.17) is 4.74 Å². The largest absolute Gasteiger partial charge is 0.379 e. The predicted molar refractivity (Wildman–Crippen MR) is 61.3 cm³/mol. The van der Waals surface area contributed by atoms with Gasteiger partial charge in [-0.1, -0.05) is 0 Å². The maximum absolute atomic E-state index is 13.7. The maximum Gasteiger partial charge on any atom is 0.168 e. The standard InChI is InChI=1S/C11H15F2N3O/c1-14-10-8(12)5-9(13)11(15-10)16(2)7-3-4-17-6-7/h5,7H,3-4,6H2,1-2H3,(H,14,15). The van der Waals surface area contributed by atoms with Crippen LogP contribution in [-0.2, 0) is 4.74 Å². The fourth-order valence-corrected chi connectivity index (χ4v) is 1.88. The van der Waals surface area contributed by atoms with Crippen LogP contribution in [0.15, 0.2) is 6.07 Å². The molecule has 0 bridgehead atoms. The zero-order valence-electron chi connectivity index (χ0n) is 9.83. The first-order chi connectivity index (χ1) is 8.13. The topological polar surface area (TPSA) is 37.4 Å². The molecule has 1 aromatic rings. The average Bonchev–Trinajstić information content (AvgIpc) is 2.82. The summed E-state index contributed by atoms with van der Waals surface area (Å²) in [4.78, 5) is 5.64. The van der Waals surface area contributed by atoms with Crippen LogP contribution >= 0.6 is 0 Å². The molecular formula is C11H15F2N3O. The summed E-state index contributed by atoms with van der Waals surface area (Å²) in [6, 6.07) is 0.938. The van der Waals surface area contributed by atoms with Crippen LogP contribution in [0.3, 0.4) is 0 Å². The first kappa shape index (κ1) is 12.0. The molecule has 1 saturated heterocycles. The highest BCUT2D eigenvalue weighted by Crippen LogP contribution is 2.24. The van der Waals surface area contributed by atoms with Gasteiger partial charge in [0.2, 0.25) is 0 Å². The first-order valence-electron chi connectivity index (χ1n) is 5.48. The lowest BCUT2D eigenvalue weighted by molar-refractivity contribution is 0.193. The lowest BCUT2D eigenvalue weighted by Crippen LogP contribution is -2.33. The Hall–Kier alpha value is -1.43. The fourth-order valence-electron chi connectivity index (χ4n) is 1.88. The number of aromatic nitrogens is 1. The second-order valence-corrected chi connectivity index (χ2v) is 4.00. The van der Waals surface area contributed by atoms with E-state index in [1.807, 2.05) is 0 Å². The van der Waals surface area contributed by atoms with E-state index in [-0.39, 0.29) is 17.7 Å². The second-order valence-electron chi connectivity index (χ2n) is 4.00. The molecule has 0 amide bonds. The third-order valence-electron chi connectivity index (χ3n) is 2.94. The molecule has 0 radical (unpaired) electrons. The van der Waals surface area contributed by atoms with Crippen LogP contribution in [0.1, 0.15) is 6.42 Å². The maximum atomic E-state index is 13.7. The number of hydrogen-bond acceptors (Lipinski definition) is 4. The minimum atomic E-state index is -0.690. The SMILES string of the molecule is CNc1nc(N(C)C2CCOC2)c(F)cc1F. The van der Waals surface area contributed by atoms with E-state index in [1.54, 1.807) is 19.0 Å². The van der Waals surface area contributed by atoms with Gasteiger partial charge in [0.15, 0.2) is 23.3 Å². The molecule has 0 saturated carbocycles. The van der Waals surface area contributed by atoms with Crippen molar-refractivity contribution in [3.63, 3.8) is 0 Å². The molecular weight excluding hydrogens is 228 g/mol. The van der Waals surface area contributed by atoms with Crippen LogP contribution in [0.25, 0.3) is 0 Å². The smallest absolute Gasteiger partial charge is 0.168 e. The summed E-state index contributed by atoms with van der Waals surface area (Å²) in [6.07, 6.45) is 0.823.